The summed E-state index contributed by atoms with van der Waals surface area (Å²) >= 11 is 0. The Hall–Kier alpha value is -2.30. The Kier molecular flexibility index (Phi) is 3.85. The maximum absolute atomic E-state index is 13.0. The fourth-order valence-electron chi connectivity index (χ4n) is 1.65. The van der Waals surface area contributed by atoms with Crippen LogP contribution in [0.1, 0.15) is 5.56 Å². The van der Waals surface area contributed by atoms with E-state index in [0.717, 1.165) is 23.8 Å². The van der Waals surface area contributed by atoms with Gasteiger partial charge >= 0.3 is 0 Å². The van der Waals surface area contributed by atoms with E-state index in [1.54, 1.807) is 18.2 Å². The van der Waals surface area contributed by atoms with E-state index in [4.69, 9.17) is 15.2 Å². The van der Waals surface area contributed by atoms with Crippen molar-refractivity contribution in [1.82, 2.24) is 0 Å². The molecule has 0 unspecified atom stereocenters. The van der Waals surface area contributed by atoms with Crippen LogP contribution in [-0.2, 0) is 6.61 Å². The molecule has 0 amide bonds. The second-order valence-corrected chi connectivity index (χ2v) is 3.97. The van der Waals surface area contributed by atoms with Gasteiger partial charge in [-0.2, -0.15) is 0 Å². The van der Waals surface area contributed by atoms with E-state index in [1.807, 2.05) is 0 Å². The van der Waals surface area contributed by atoms with Crippen LogP contribution in [0.5, 0.6) is 11.5 Å². The van der Waals surface area contributed by atoms with Crippen LogP contribution >= 0.6 is 0 Å². The number of hydrogen-bond donors (Lipinski definition) is 1. The van der Waals surface area contributed by atoms with E-state index >= 15 is 0 Å². The monoisotopic (exact) mass is 265 g/mol. The van der Waals surface area contributed by atoms with Gasteiger partial charge in [0, 0.05) is 18.2 Å². The van der Waals surface area contributed by atoms with Gasteiger partial charge in [0.25, 0.3) is 0 Å². The summed E-state index contributed by atoms with van der Waals surface area (Å²) in [5.74, 6) is -0.652. The topological polar surface area (TPSA) is 44.5 Å². The van der Waals surface area contributed by atoms with Gasteiger partial charge in [-0.05, 0) is 17.7 Å². The maximum atomic E-state index is 13.0. The number of ether oxygens (including phenoxy) is 2. The highest BCUT2D eigenvalue weighted by Crippen LogP contribution is 2.23. The second kappa shape index (κ2) is 5.56. The van der Waals surface area contributed by atoms with E-state index in [-0.39, 0.29) is 12.4 Å². The number of benzene rings is 2. The van der Waals surface area contributed by atoms with Crippen LogP contribution in [0.4, 0.5) is 14.5 Å². The van der Waals surface area contributed by atoms with Gasteiger partial charge in [0.2, 0.25) is 0 Å². The third-order valence-corrected chi connectivity index (χ3v) is 2.54. The van der Waals surface area contributed by atoms with Gasteiger partial charge in [0.1, 0.15) is 29.7 Å². The van der Waals surface area contributed by atoms with E-state index in [0.29, 0.717) is 11.4 Å². The maximum Gasteiger partial charge on any atom is 0.141 e. The molecule has 19 heavy (non-hydrogen) atoms. The normalized spacial score (nSPS) is 10.3. The number of methoxy groups -OCH3 is 1. The minimum atomic E-state index is -0.677. The first-order chi connectivity index (χ1) is 9.08. The van der Waals surface area contributed by atoms with E-state index in [9.17, 15) is 8.78 Å². The lowest BCUT2D eigenvalue weighted by molar-refractivity contribution is 0.302. The van der Waals surface area contributed by atoms with Crippen LogP contribution in [0.15, 0.2) is 36.4 Å². The van der Waals surface area contributed by atoms with Gasteiger partial charge in [0.15, 0.2) is 0 Å². The fourth-order valence-corrected chi connectivity index (χ4v) is 1.65. The zero-order chi connectivity index (χ0) is 13.8. The van der Waals surface area contributed by atoms with Crippen molar-refractivity contribution >= 4 is 5.69 Å². The Morgan fingerprint density at radius 3 is 2.32 bits per heavy atom. The predicted molar refractivity (Wildman–Crippen MR) is 68.1 cm³/mol. The highest BCUT2D eigenvalue weighted by molar-refractivity contribution is 5.54. The largest absolute Gasteiger partial charge is 0.495 e. The standard InChI is InChI=1S/C14H13F2NO2/c1-18-14-3-2-9(4-13(14)17)8-19-12-6-10(15)5-11(16)7-12/h2-7H,8,17H2,1H3. The number of nitrogen functional groups attached to an aromatic ring is 1. The molecule has 0 aliphatic carbocycles. The number of rotatable bonds is 4. The average Bonchev–Trinajstić information content (AvgIpc) is 2.35. The van der Waals surface area contributed by atoms with Crippen molar-refractivity contribution in [3.63, 3.8) is 0 Å². The minimum absolute atomic E-state index is 0.131. The summed E-state index contributed by atoms with van der Waals surface area (Å²) in [5.41, 5.74) is 7.01. The summed E-state index contributed by atoms with van der Waals surface area (Å²) in [6.45, 7) is 0.164. The van der Waals surface area contributed by atoms with Crippen LogP contribution in [0, 0.1) is 11.6 Å². The summed E-state index contributed by atoms with van der Waals surface area (Å²) in [4.78, 5) is 0. The molecule has 0 saturated carbocycles. The first-order valence-electron chi connectivity index (χ1n) is 5.60. The van der Waals surface area contributed by atoms with Crippen LogP contribution in [0.25, 0.3) is 0 Å². The van der Waals surface area contributed by atoms with Gasteiger partial charge in [-0.25, -0.2) is 8.78 Å². The van der Waals surface area contributed by atoms with Crippen LogP contribution in [-0.4, -0.2) is 7.11 Å². The Morgan fingerprint density at radius 2 is 1.74 bits per heavy atom. The van der Waals surface area contributed by atoms with Crippen molar-refractivity contribution in [2.75, 3.05) is 12.8 Å². The molecule has 0 atom stereocenters. The lowest BCUT2D eigenvalue weighted by Crippen LogP contribution is -1.99. The molecule has 0 aliphatic rings. The molecule has 2 aromatic rings. The summed E-state index contributed by atoms with van der Waals surface area (Å²) < 4.78 is 36.3. The molecule has 0 heterocycles. The lowest BCUT2D eigenvalue weighted by atomic mass is 10.2. The van der Waals surface area contributed by atoms with Crippen molar-refractivity contribution in [3.8, 4) is 11.5 Å². The first-order valence-corrected chi connectivity index (χ1v) is 5.60. The van der Waals surface area contributed by atoms with E-state index < -0.39 is 11.6 Å². The van der Waals surface area contributed by atoms with Gasteiger partial charge in [-0.3, -0.25) is 0 Å². The molecule has 0 radical (unpaired) electrons. The molecule has 0 saturated heterocycles. The van der Waals surface area contributed by atoms with Crippen LogP contribution in [0.3, 0.4) is 0 Å². The average molecular weight is 265 g/mol. The van der Waals surface area contributed by atoms with Crippen molar-refractivity contribution in [2.45, 2.75) is 6.61 Å². The number of nitrogens with two attached hydrogens (primary N) is 1. The van der Waals surface area contributed by atoms with Crippen molar-refractivity contribution in [2.24, 2.45) is 0 Å². The number of halogens is 2. The Bertz CT molecular complexity index is 567. The number of anilines is 1. The SMILES string of the molecule is COc1ccc(COc2cc(F)cc(F)c2)cc1N. The van der Waals surface area contributed by atoms with Crippen molar-refractivity contribution in [1.29, 1.82) is 0 Å². The first kappa shape index (κ1) is 13.1. The Labute approximate surface area is 109 Å². The lowest BCUT2D eigenvalue weighted by Gasteiger charge is -2.09. The molecule has 2 N–H and O–H groups in total. The molecule has 0 aliphatic heterocycles. The zero-order valence-corrected chi connectivity index (χ0v) is 10.3. The smallest absolute Gasteiger partial charge is 0.141 e. The van der Waals surface area contributed by atoms with E-state index in [1.165, 1.54) is 7.11 Å². The van der Waals surface area contributed by atoms with Crippen molar-refractivity contribution in [3.05, 3.63) is 53.6 Å². The van der Waals surface area contributed by atoms with Crippen molar-refractivity contribution < 1.29 is 18.3 Å². The van der Waals surface area contributed by atoms with E-state index in [2.05, 4.69) is 0 Å². The van der Waals surface area contributed by atoms with Crippen LogP contribution < -0.4 is 15.2 Å². The third kappa shape index (κ3) is 3.34. The molecule has 0 aromatic heterocycles. The third-order valence-electron chi connectivity index (χ3n) is 2.54. The molecule has 2 rings (SSSR count). The molecule has 0 spiro atoms. The van der Waals surface area contributed by atoms with Gasteiger partial charge in [-0.1, -0.05) is 6.07 Å². The summed E-state index contributed by atoms with van der Waals surface area (Å²) in [6.07, 6.45) is 0. The van der Waals surface area contributed by atoms with Gasteiger partial charge in [0.05, 0.1) is 12.8 Å². The molecule has 3 nitrogen and oxygen atoms in total. The molecule has 2 aromatic carbocycles. The summed E-state index contributed by atoms with van der Waals surface area (Å²) in [7, 11) is 1.53. The molecule has 100 valence electrons. The molecule has 5 heteroatoms. The Morgan fingerprint density at radius 1 is 1.05 bits per heavy atom. The quantitative estimate of drug-likeness (QED) is 0.864. The highest BCUT2D eigenvalue weighted by Gasteiger charge is 2.04. The minimum Gasteiger partial charge on any atom is -0.495 e. The second-order valence-electron chi connectivity index (χ2n) is 3.97. The highest BCUT2D eigenvalue weighted by atomic mass is 19.1. The van der Waals surface area contributed by atoms with Gasteiger partial charge in [-0.15, -0.1) is 0 Å². The number of hydrogen-bond acceptors (Lipinski definition) is 3. The summed E-state index contributed by atoms with van der Waals surface area (Å²) in [6, 6.07) is 8.20. The van der Waals surface area contributed by atoms with Gasteiger partial charge < -0.3 is 15.2 Å². The zero-order valence-electron chi connectivity index (χ0n) is 10.3. The molecular weight excluding hydrogens is 252 g/mol. The summed E-state index contributed by atoms with van der Waals surface area (Å²) in [5, 5.41) is 0. The molecular formula is C14H13F2NO2. The van der Waals surface area contributed by atoms with Crippen LogP contribution in [0.2, 0.25) is 0 Å². The predicted octanol–water partition coefficient (Wildman–Crippen LogP) is 3.13. The fraction of sp³-hybridized carbons (Fsp3) is 0.143. The molecule has 0 fully saturated rings. The Balaban J connectivity index is 2.08. The molecule has 0 bridgehead atoms.